The molecule has 0 radical (unpaired) electrons. The average Bonchev–Trinajstić information content (AvgIpc) is 3.83. The quantitative estimate of drug-likeness (QED) is 0.0243. The van der Waals surface area contributed by atoms with Gasteiger partial charge in [0.05, 0.1) is 24.7 Å². The normalized spacial score (nSPS) is 17.8. The van der Waals surface area contributed by atoms with Crippen LogP contribution < -0.4 is 30.1 Å². The van der Waals surface area contributed by atoms with Gasteiger partial charge in [-0.15, -0.1) is 11.8 Å². The molecule has 5 atom stereocenters. The third kappa shape index (κ3) is 15.7. The maximum absolute atomic E-state index is 13.0. The first-order valence-corrected chi connectivity index (χ1v) is 20.3. The zero-order valence-electron chi connectivity index (χ0n) is 32.7. The average molecular weight is 845 g/mol. The van der Waals surface area contributed by atoms with E-state index in [9.17, 15) is 42.5 Å². The Labute approximate surface area is 341 Å². The fraction of sp³-hybridized carbons (Fsp3) is 0.500. The van der Waals surface area contributed by atoms with Crippen molar-refractivity contribution < 1.29 is 61.0 Å². The van der Waals surface area contributed by atoms with Crippen molar-refractivity contribution in [3.63, 3.8) is 0 Å². The summed E-state index contributed by atoms with van der Waals surface area (Å²) >= 11 is 0. The Balaban J connectivity index is 1.06. The Kier molecular flexibility index (Phi) is 17.2. The van der Waals surface area contributed by atoms with Crippen molar-refractivity contribution >= 4 is 51.7 Å². The summed E-state index contributed by atoms with van der Waals surface area (Å²) in [5.74, 6) is 5.80. The van der Waals surface area contributed by atoms with Gasteiger partial charge in [0, 0.05) is 37.2 Å². The van der Waals surface area contributed by atoms with Crippen molar-refractivity contribution in [1.82, 2.24) is 20.1 Å². The highest BCUT2D eigenvalue weighted by molar-refractivity contribution is 7.88. The number of carbonyl (C=O) groups excluding carboxylic acids is 5. The van der Waals surface area contributed by atoms with E-state index >= 15 is 0 Å². The summed E-state index contributed by atoms with van der Waals surface area (Å²) < 4.78 is 53.8. The number of ether oxygens (including phenoxy) is 5. The minimum Gasteiger partial charge on any atom is -0.449 e. The molecule has 0 aromatic heterocycles. The Hall–Kier alpha value is -5.98. The maximum Gasteiger partial charge on any atom is 0.514 e. The van der Waals surface area contributed by atoms with E-state index in [0.29, 0.717) is 23.1 Å². The molecule has 1 saturated carbocycles. The van der Waals surface area contributed by atoms with E-state index in [4.69, 9.17) is 23.7 Å². The minimum atomic E-state index is -4.19. The lowest BCUT2D eigenvalue weighted by Crippen LogP contribution is -2.53. The number of amides is 4. The van der Waals surface area contributed by atoms with Gasteiger partial charge in [0.15, 0.2) is 0 Å². The second kappa shape index (κ2) is 22.2. The Morgan fingerprint density at radius 1 is 0.831 bits per heavy atom. The second-order valence-corrected chi connectivity index (χ2v) is 15.4. The molecule has 0 bridgehead atoms. The molecule has 1 fully saturated rings. The van der Waals surface area contributed by atoms with Crippen LogP contribution in [0.1, 0.15) is 52.0 Å². The van der Waals surface area contributed by atoms with E-state index in [2.05, 4.69) is 32.5 Å². The molecule has 320 valence electrons. The number of carbonyl (C=O) groups is 5. The Morgan fingerprint density at radius 3 is 2.12 bits per heavy atom. The maximum atomic E-state index is 13.0. The van der Waals surface area contributed by atoms with Gasteiger partial charge >= 0.3 is 28.6 Å². The van der Waals surface area contributed by atoms with Gasteiger partial charge in [0.1, 0.15) is 31.0 Å². The summed E-state index contributed by atoms with van der Waals surface area (Å²) in [6.07, 6.45) is 0.509. The standard InChI is InChI=1S/C38H48N6O14S/c1-24(2)33(42-36(47)55-21-20-54-19-18-39-59(52,53)43-37(48)56-23-32-30-8-6-4-5-7-9-31(30)32)35(46)40-25(3)34(45)41-27-12-10-26(11-13-27)22-57-38(49)58-29-16-14-28(15-17-29)44(50)51/h10-17,24-25,30-33,39H,6-9,18-23H2,1-3H3,(H,40,46)(H,41,45)(H,42,47)(H,43,48)/t25-,30-,31+,32?,33-/m0/s1. The minimum absolute atomic E-state index is 0.0656. The number of nitro groups is 1. The lowest BCUT2D eigenvalue weighted by molar-refractivity contribution is -0.384. The van der Waals surface area contributed by atoms with Crippen LogP contribution in [0.3, 0.4) is 0 Å². The molecule has 5 N–H and O–H groups in total. The summed E-state index contributed by atoms with van der Waals surface area (Å²) in [5, 5.41) is 18.4. The number of benzene rings is 2. The molecule has 20 nitrogen and oxygen atoms in total. The number of nitrogens with zero attached hydrogens (tertiary/aromatic N) is 1. The molecule has 0 aliphatic heterocycles. The van der Waals surface area contributed by atoms with E-state index in [1.807, 2.05) is 0 Å². The molecule has 2 aromatic carbocycles. The number of rotatable bonds is 20. The van der Waals surface area contributed by atoms with Crippen LogP contribution in [0.2, 0.25) is 0 Å². The summed E-state index contributed by atoms with van der Waals surface area (Å²) in [6, 6.07) is 9.10. The molecule has 4 rings (SSSR count). The van der Waals surface area contributed by atoms with Gasteiger partial charge in [-0.25, -0.2) is 19.1 Å². The van der Waals surface area contributed by atoms with Gasteiger partial charge in [-0.05, 0) is 73.3 Å². The highest BCUT2D eigenvalue weighted by atomic mass is 32.2. The summed E-state index contributed by atoms with van der Waals surface area (Å²) in [4.78, 5) is 72.4. The molecule has 4 amide bonds. The number of fused-ring (bicyclic) bond motifs is 1. The van der Waals surface area contributed by atoms with Gasteiger partial charge in [-0.2, -0.15) is 13.1 Å². The molecular formula is C38H48N6O14S. The number of non-ortho nitro benzene ring substituents is 1. The van der Waals surface area contributed by atoms with E-state index in [0.717, 1.165) is 25.7 Å². The van der Waals surface area contributed by atoms with Crippen LogP contribution >= 0.6 is 0 Å². The van der Waals surface area contributed by atoms with E-state index in [-0.39, 0.29) is 56.9 Å². The molecule has 2 aliphatic rings. The third-order valence-electron chi connectivity index (χ3n) is 9.26. The lowest BCUT2D eigenvalue weighted by Gasteiger charge is -2.23. The van der Waals surface area contributed by atoms with Crippen LogP contribution in [0.15, 0.2) is 48.5 Å². The third-order valence-corrected chi connectivity index (χ3v) is 10.3. The van der Waals surface area contributed by atoms with Gasteiger partial charge in [-0.1, -0.05) is 26.0 Å². The number of hydrogen-bond donors (Lipinski definition) is 5. The predicted molar refractivity (Wildman–Crippen MR) is 209 cm³/mol. The number of nitro benzene ring substituents is 1. The largest absolute Gasteiger partial charge is 0.514 e. The Morgan fingerprint density at radius 2 is 1.49 bits per heavy atom. The van der Waals surface area contributed by atoms with Crippen molar-refractivity contribution in [1.29, 1.82) is 0 Å². The zero-order chi connectivity index (χ0) is 43.0. The highest BCUT2D eigenvalue weighted by Gasteiger charge is 2.49. The van der Waals surface area contributed by atoms with Crippen LogP contribution in [-0.2, 0) is 45.4 Å². The molecule has 1 unspecified atom stereocenters. The molecular weight excluding hydrogens is 797 g/mol. The van der Waals surface area contributed by atoms with Crippen molar-refractivity contribution in [2.45, 2.75) is 65.1 Å². The van der Waals surface area contributed by atoms with Gasteiger partial charge < -0.3 is 39.6 Å². The highest BCUT2D eigenvalue weighted by Crippen LogP contribution is 2.52. The lowest BCUT2D eigenvalue weighted by atomic mass is 10.0. The molecule has 59 heavy (non-hydrogen) atoms. The SMILES string of the molecule is CC(C)[C@H](NC(=O)OCCOCCNS(=O)(=O)NC(=O)OCC1[C@H]2CCC#CCC[C@@H]12)C(=O)N[C@@H](C)C(=O)Nc1ccc(COC(=O)Oc2ccc([N+](=O)[O-])cc2)cc1. The van der Waals surface area contributed by atoms with Gasteiger partial charge in [0.25, 0.3) is 5.69 Å². The van der Waals surface area contributed by atoms with E-state index < -0.39 is 63.3 Å². The van der Waals surface area contributed by atoms with Crippen molar-refractivity contribution in [3.8, 4) is 17.6 Å². The second-order valence-electron chi connectivity index (χ2n) is 13.9. The van der Waals surface area contributed by atoms with Crippen molar-refractivity contribution in [2.75, 3.05) is 38.3 Å². The molecule has 0 spiro atoms. The fourth-order valence-corrected chi connectivity index (χ4v) is 6.79. The molecule has 0 heterocycles. The molecule has 2 aromatic rings. The summed E-state index contributed by atoms with van der Waals surface area (Å²) in [7, 11) is -4.19. The van der Waals surface area contributed by atoms with Gasteiger partial charge in [-0.3, -0.25) is 19.7 Å². The number of anilines is 1. The Bertz CT molecular complexity index is 1950. The molecule has 21 heteroatoms. The molecule has 0 saturated heterocycles. The number of nitrogens with one attached hydrogen (secondary N) is 5. The van der Waals surface area contributed by atoms with Crippen molar-refractivity contribution in [3.05, 3.63) is 64.2 Å². The summed E-state index contributed by atoms with van der Waals surface area (Å²) in [6.45, 7) is 4.21. The topological polar surface area (TPSA) is 269 Å². The first-order chi connectivity index (χ1) is 28.1. The zero-order valence-corrected chi connectivity index (χ0v) is 33.5. The van der Waals surface area contributed by atoms with Crippen LogP contribution in [0, 0.1) is 45.6 Å². The fourth-order valence-electron chi connectivity index (χ4n) is 6.08. The predicted octanol–water partition coefficient (Wildman–Crippen LogP) is 3.52. The smallest absolute Gasteiger partial charge is 0.449 e. The van der Waals surface area contributed by atoms with Crippen molar-refractivity contribution in [2.24, 2.45) is 23.7 Å². The summed E-state index contributed by atoms with van der Waals surface area (Å²) in [5.41, 5.74) is 0.786. The first kappa shape index (κ1) is 45.7. The molecule has 2 aliphatic carbocycles. The van der Waals surface area contributed by atoms with E-state index in [1.165, 1.54) is 31.2 Å². The monoisotopic (exact) mass is 844 g/mol. The number of hydrogen-bond acceptors (Lipinski definition) is 14. The van der Waals surface area contributed by atoms with Gasteiger partial charge in [0.2, 0.25) is 11.8 Å². The van der Waals surface area contributed by atoms with E-state index in [1.54, 1.807) is 42.8 Å². The van der Waals surface area contributed by atoms with Crippen LogP contribution in [0.5, 0.6) is 5.75 Å². The first-order valence-electron chi connectivity index (χ1n) is 18.8. The number of alkyl carbamates (subject to hydrolysis) is 1. The van der Waals surface area contributed by atoms with Crippen LogP contribution in [0.25, 0.3) is 0 Å². The van der Waals surface area contributed by atoms with Crippen LogP contribution in [-0.4, -0.2) is 88.6 Å². The van der Waals surface area contributed by atoms with Crippen LogP contribution in [0.4, 0.5) is 25.8 Å².